The van der Waals surface area contributed by atoms with Gasteiger partial charge in [-0.2, -0.15) is 0 Å². The Hall–Kier alpha value is -1.87. The van der Waals surface area contributed by atoms with Gasteiger partial charge < -0.3 is 10.1 Å². The van der Waals surface area contributed by atoms with Crippen LogP contribution in [0.3, 0.4) is 0 Å². The van der Waals surface area contributed by atoms with Gasteiger partial charge in [0.05, 0.1) is 7.11 Å². The first-order chi connectivity index (χ1) is 9.69. The molecular formula is C17H22N2O. The van der Waals surface area contributed by atoms with Crippen LogP contribution in [-0.4, -0.2) is 12.1 Å². The molecule has 1 aromatic carbocycles. The van der Waals surface area contributed by atoms with Crippen molar-refractivity contribution in [2.45, 2.75) is 32.9 Å². The molecule has 0 aliphatic rings. The molecule has 2 aromatic rings. The average molecular weight is 270 g/mol. The van der Waals surface area contributed by atoms with Crippen LogP contribution in [-0.2, 0) is 13.1 Å². The molecule has 0 saturated carbocycles. The van der Waals surface area contributed by atoms with Gasteiger partial charge in [0.2, 0.25) is 5.88 Å². The maximum absolute atomic E-state index is 5.12. The standard InChI is InChI=1S/C17H22N2O/c1-13(2)16-6-4-14(5-7-16)11-18-12-15-8-9-19-17(10-15)20-3/h4-10,13,18H,11-12H2,1-3H3. The summed E-state index contributed by atoms with van der Waals surface area (Å²) in [5, 5.41) is 3.43. The van der Waals surface area contributed by atoms with Gasteiger partial charge in [-0.25, -0.2) is 4.98 Å². The van der Waals surface area contributed by atoms with Gasteiger partial charge in [-0.1, -0.05) is 38.1 Å². The lowest BCUT2D eigenvalue weighted by atomic mass is 10.0. The number of pyridine rings is 1. The molecule has 3 nitrogen and oxygen atoms in total. The van der Waals surface area contributed by atoms with E-state index in [9.17, 15) is 0 Å². The molecule has 106 valence electrons. The molecule has 3 heteroatoms. The Kier molecular flexibility index (Phi) is 5.13. The lowest BCUT2D eigenvalue weighted by molar-refractivity contribution is 0.397. The fourth-order valence-corrected chi connectivity index (χ4v) is 2.04. The van der Waals surface area contributed by atoms with Gasteiger partial charge in [-0.3, -0.25) is 0 Å². The van der Waals surface area contributed by atoms with Crippen LogP contribution in [0.25, 0.3) is 0 Å². The minimum atomic E-state index is 0.585. The van der Waals surface area contributed by atoms with E-state index in [0.29, 0.717) is 11.8 Å². The molecule has 0 amide bonds. The van der Waals surface area contributed by atoms with E-state index >= 15 is 0 Å². The van der Waals surface area contributed by atoms with Crippen molar-refractivity contribution in [2.24, 2.45) is 0 Å². The number of rotatable bonds is 6. The minimum absolute atomic E-state index is 0.585. The molecule has 20 heavy (non-hydrogen) atoms. The van der Waals surface area contributed by atoms with Crippen LogP contribution < -0.4 is 10.1 Å². The molecule has 0 aliphatic heterocycles. The summed E-state index contributed by atoms with van der Waals surface area (Å²) < 4.78 is 5.12. The van der Waals surface area contributed by atoms with E-state index in [1.54, 1.807) is 13.3 Å². The molecule has 2 rings (SSSR count). The Bertz CT molecular complexity index is 535. The molecule has 1 heterocycles. The maximum atomic E-state index is 5.12. The zero-order valence-electron chi connectivity index (χ0n) is 12.4. The molecule has 1 N–H and O–H groups in total. The van der Waals surface area contributed by atoms with Crippen molar-refractivity contribution in [3.8, 4) is 5.88 Å². The van der Waals surface area contributed by atoms with E-state index in [-0.39, 0.29) is 0 Å². The van der Waals surface area contributed by atoms with Gasteiger partial charge in [0.15, 0.2) is 0 Å². The molecule has 0 aliphatic carbocycles. The zero-order chi connectivity index (χ0) is 14.4. The summed E-state index contributed by atoms with van der Waals surface area (Å²) >= 11 is 0. The van der Waals surface area contributed by atoms with E-state index < -0.39 is 0 Å². The number of methoxy groups -OCH3 is 1. The van der Waals surface area contributed by atoms with Gasteiger partial charge >= 0.3 is 0 Å². The summed E-state index contributed by atoms with van der Waals surface area (Å²) in [4.78, 5) is 4.10. The summed E-state index contributed by atoms with van der Waals surface area (Å²) in [6.45, 7) is 6.10. The largest absolute Gasteiger partial charge is 0.481 e. The van der Waals surface area contributed by atoms with Crippen LogP contribution in [0.1, 0.15) is 36.5 Å². The van der Waals surface area contributed by atoms with Crippen molar-refractivity contribution in [3.63, 3.8) is 0 Å². The fourth-order valence-electron chi connectivity index (χ4n) is 2.04. The number of hydrogen-bond acceptors (Lipinski definition) is 3. The van der Waals surface area contributed by atoms with Crippen molar-refractivity contribution in [2.75, 3.05) is 7.11 Å². The number of aromatic nitrogens is 1. The summed E-state index contributed by atoms with van der Waals surface area (Å²) in [5.41, 5.74) is 3.86. The number of hydrogen-bond donors (Lipinski definition) is 1. The number of nitrogens with one attached hydrogen (secondary N) is 1. The number of nitrogens with zero attached hydrogens (tertiary/aromatic N) is 1. The zero-order valence-corrected chi connectivity index (χ0v) is 12.4. The second-order valence-electron chi connectivity index (χ2n) is 5.21. The highest BCUT2D eigenvalue weighted by molar-refractivity contribution is 5.25. The molecule has 0 radical (unpaired) electrons. The Morgan fingerprint density at radius 3 is 2.40 bits per heavy atom. The van der Waals surface area contributed by atoms with E-state index in [1.165, 1.54) is 16.7 Å². The predicted molar refractivity (Wildman–Crippen MR) is 81.9 cm³/mol. The van der Waals surface area contributed by atoms with Gasteiger partial charge in [0, 0.05) is 25.4 Å². The van der Waals surface area contributed by atoms with Gasteiger partial charge in [0.1, 0.15) is 0 Å². The van der Waals surface area contributed by atoms with Crippen LogP contribution in [0.15, 0.2) is 42.6 Å². The van der Waals surface area contributed by atoms with Gasteiger partial charge in [0.25, 0.3) is 0 Å². The van der Waals surface area contributed by atoms with Crippen molar-refractivity contribution in [1.82, 2.24) is 10.3 Å². The Labute approximate surface area is 121 Å². The molecule has 0 unspecified atom stereocenters. The van der Waals surface area contributed by atoms with Crippen molar-refractivity contribution in [3.05, 3.63) is 59.3 Å². The summed E-state index contributed by atoms with van der Waals surface area (Å²) in [5.74, 6) is 1.24. The fraction of sp³-hybridized carbons (Fsp3) is 0.353. The highest BCUT2D eigenvalue weighted by Gasteiger charge is 2.00. The summed E-state index contributed by atoms with van der Waals surface area (Å²) in [6, 6.07) is 12.7. The third-order valence-electron chi connectivity index (χ3n) is 3.31. The molecule has 0 spiro atoms. The van der Waals surface area contributed by atoms with E-state index in [0.717, 1.165) is 13.1 Å². The molecule has 0 saturated heterocycles. The average Bonchev–Trinajstić information content (AvgIpc) is 2.48. The monoisotopic (exact) mass is 270 g/mol. The minimum Gasteiger partial charge on any atom is -0.481 e. The molecular weight excluding hydrogens is 248 g/mol. The van der Waals surface area contributed by atoms with Crippen molar-refractivity contribution < 1.29 is 4.74 Å². The predicted octanol–water partition coefficient (Wildman–Crippen LogP) is 3.50. The number of ether oxygens (including phenoxy) is 1. The second kappa shape index (κ2) is 7.06. The van der Waals surface area contributed by atoms with Crippen LogP contribution in [0.2, 0.25) is 0 Å². The first kappa shape index (κ1) is 14.5. The van der Waals surface area contributed by atoms with Crippen molar-refractivity contribution in [1.29, 1.82) is 0 Å². The Morgan fingerprint density at radius 1 is 1.05 bits per heavy atom. The molecule has 0 atom stereocenters. The molecule has 0 bridgehead atoms. The SMILES string of the molecule is COc1cc(CNCc2ccc(C(C)C)cc2)ccn1. The first-order valence-electron chi connectivity index (χ1n) is 6.97. The van der Waals surface area contributed by atoms with Gasteiger partial charge in [-0.15, -0.1) is 0 Å². The van der Waals surface area contributed by atoms with Gasteiger partial charge in [-0.05, 0) is 28.7 Å². The maximum Gasteiger partial charge on any atom is 0.213 e. The van der Waals surface area contributed by atoms with E-state index in [1.807, 2.05) is 12.1 Å². The highest BCUT2D eigenvalue weighted by atomic mass is 16.5. The lowest BCUT2D eigenvalue weighted by Gasteiger charge is -2.08. The Balaban J connectivity index is 1.86. The Morgan fingerprint density at radius 2 is 1.75 bits per heavy atom. The van der Waals surface area contributed by atoms with Crippen LogP contribution in [0.5, 0.6) is 5.88 Å². The van der Waals surface area contributed by atoms with Crippen LogP contribution >= 0.6 is 0 Å². The first-order valence-corrected chi connectivity index (χ1v) is 6.97. The smallest absolute Gasteiger partial charge is 0.213 e. The normalized spacial score (nSPS) is 10.8. The molecule has 0 fully saturated rings. The second-order valence-corrected chi connectivity index (χ2v) is 5.21. The third kappa shape index (κ3) is 4.07. The van der Waals surface area contributed by atoms with Crippen LogP contribution in [0, 0.1) is 0 Å². The van der Waals surface area contributed by atoms with Crippen molar-refractivity contribution >= 4 is 0 Å². The lowest BCUT2D eigenvalue weighted by Crippen LogP contribution is -2.12. The van der Waals surface area contributed by atoms with Crippen LogP contribution in [0.4, 0.5) is 0 Å². The third-order valence-corrected chi connectivity index (χ3v) is 3.31. The van der Waals surface area contributed by atoms with E-state index in [4.69, 9.17) is 4.74 Å². The topological polar surface area (TPSA) is 34.1 Å². The summed E-state index contributed by atoms with van der Waals surface area (Å²) in [7, 11) is 1.63. The van der Waals surface area contributed by atoms with E-state index in [2.05, 4.69) is 48.4 Å². The highest BCUT2D eigenvalue weighted by Crippen LogP contribution is 2.14. The quantitative estimate of drug-likeness (QED) is 0.872. The number of benzene rings is 1. The molecule has 1 aromatic heterocycles. The summed E-state index contributed by atoms with van der Waals surface area (Å²) in [6.07, 6.45) is 1.77.